The Kier molecular flexibility index (Phi) is 9.76. The van der Waals surface area contributed by atoms with Gasteiger partial charge in [-0.1, -0.05) is 65.7 Å². The van der Waals surface area contributed by atoms with Crippen LogP contribution in [0, 0.1) is 28.9 Å². The Hall–Kier alpha value is -2.26. The topological polar surface area (TPSA) is 86.8 Å². The molecule has 0 fully saturated rings. The fraction of sp³-hybridized carbons (Fsp3) is 0.143. The third kappa shape index (κ3) is 6.62. The number of nitro benzene ring substituents is 1. The van der Waals surface area contributed by atoms with Gasteiger partial charge in [0.1, 0.15) is 15.8 Å². The number of aromatic hydroxyl groups is 2. The van der Waals surface area contributed by atoms with Gasteiger partial charge in [0.2, 0.25) is 0 Å². The second kappa shape index (κ2) is 12.7. The molecule has 4 rings (SSSR count). The van der Waals surface area contributed by atoms with Gasteiger partial charge in [0, 0.05) is 25.1 Å². The Morgan fingerprint density at radius 1 is 0.875 bits per heavy atom. The van der Waals surface area contributed by atoms with Crippen LogP contribution < -0.4 is 0 Å². The van der Waals surface area contributed by atoms with Gasteiger partial charge in [0.25, 0.3) is 0 Å². The average molecular weight is 811 g/mol. The van der Waals surface area contributed by atoms with E-state index in [1.54, 1.807) is 17.0 Å². The summed E-state index contributed by atoms with van der Waals surface area (Å²) in [7, 11) is 0. The van der Waals surface area contributed by atoms with Crippen LogP contribution >= 0.6 is 68.4 Å². The van der Waals surface area contributed by atoms with E-state index in [4.69, 9.17) is 23.2 Å². The van der Waals surface area contributed by atoms with Gasteiger partial charge in [0.15, 0.2) is 17.4 Å². The zero-order valence-corrected chi connectivity index (χ0v) is 26.2. The first-order chi connectivity index (χ1) is 18.9. The van der Waals surface area contributed by atoms with Crippen molar-refractivity contribution in [3.63, 3.8) is 0 Å². The highest BCUT2D eigenvalue weighted by Crippen LogP contribution is 2.47. The highest BCUT2D eigenvalue weighted by atomic mass is 127. The number of phenolic OH excluding ortho intramolecular Hbond substituents is 2. The van der Waals surface area contributed by atoms with Gasteiger partial charge >= 0.3 is 5.69 Å². The summed E-state index contributed by atoms with van der Waals surface area (Å²) in [6.07, 6.45) is 0.104. The molecule has 0 amide bonds. The molecular weight excluding hydrogens is 791 g/mol. The van der Waals surface area contributed by atoms with Crippen molar-refractivity contribution >= 4 is 74.1 Å². The number of nitrogens with zero attached hydrogens (tertiary/aromatic N) is 2. The van der Waals surface area contributed by atoms with Crippen LogP contribution in [0.4, 0.5) is 14.5 Å². The summed E-state index contributed by atoms with van der Waals surface area (Å²) in [5.41, 5.74) is 1.35. The van der Waals surface area contributed by atoms with Crippen molar-refractivity contribution in [2.75, 3.05) is 0 Å². The number of phenols is 2. The standard InChI is InChI=1S/C28H20Cl2F2I2N2O4/c29-25-19(7-9-24(37)26(25)36(39)40)28(30,13-16-4-2-1-3-5-16)35(14-17-6-8-20(31)21(32)10-17)15-18-11-22(33)27(38)23(34)12-18/h1-12,37-38H,13-15H2. The van der Waals surface area contributed by atoms with Crippen molar-refractivity contribution in [1.29, 1.82) is 0 Å². The fourth-order valence-corrected chi connectivity index (χ4v) is 7.12. The Balaban J connectivity index is 1.94. The van der Waals surface area contributed by atoms with Gasteiger partial charge in [-0.3, -0.25) is 15.0 Å². The molecule has 40 heavy (non-hydrogen) atoms. The van der Waals surface area contributed by atoms with E-state index in [0.717, 1.165) is 29.3 Å². The van der Waals surface area contributed by atoms with Crippen LogP contribution in [0.2, 0.25) is 5.02 Å². The molecular formula is C28H20Cl2F2I2N2O4. The molecule has 2 N–H and O–H groups in total. The van der Waals surface area contributed by atoms with Gasteiger partial charge in [-0.05, 0) is 92.2 Å². The van der Waals surface area contributed by atoms with E-state index in [0.29, 0.717) is 12.7 Å². The van der Waals surface area contributed by atoms with Crippen LogP contribution in [0.3, 0.4) is 0 Å². The van der Waals surface area contributed by atoms with Crippen LogP contribution in [0.25, 0.3) is 0 Å². The van der Waals surface area contributed by atoms with Gasteiger partial charge in [-0.2, -0.15) is 0 Å². The van der Waals surface area contributed by atoms with Crippen LogP contribution in [0.15, 0.2) is 72.8 Å². The second-order valence-corrected chi connectivity index (χ2v) is 12.3. The lowest BCUT2D eigenvalue weighted by atomic mass is 9.94. The Morgan fingerprint density at radius 3 is 2.10 bits per heavy atom. The summed E-state index contributed by atoms with van der Waals surface area (Å²) in [6.45, 7) is 0.124. The van der Waals surface area contributed by atoms with Gasteiger partial charge in [-0.15, -0.1) is 0 Å². The summed E-state index contributed by atoms with van der Waals surface area (Å²) in [5, 5.41) is 32.0. The highest BCUT2D eigenvalue weighted by molar-refractivity contribution is 14.1. The molecule has 1 unspecified atom stereocenters. The molecule has 0 bridgehead atoms. The molecule has 0 aromatic heterocycles. The van der Waals surface area contributed by atoms with E-state index in [1.165, 1.54) is 12.1 Å². The number of hydrogen-bond acceptors (Lipinski definition) is 5. The van der Waals surface area contributed by atoms with Gasteiger partial charge in [-0.25, -0.2) is 8.78 Å². The summed E-state index contributed by atoms with van der Waals surface area (Å²) < 4.78 is 29.2. The lowest BCUT2D eigenvalue weighted by Gasteiger charge is -2.40. The van der Waals surface area contributed by atoms with Crippen LogP contribution in [0.1, 0.15) is 22.3 Å². The minimum atomic E-state index is -1.57. The summed E-state index contributed by atoms with van der Waals surface area (Å²) in [4.78, 5) is 11.2. The zero-order chi connectivity index (χ0) is 29.2. The first-order valence-corrected chi connectivity index (χ1v) is 14.6. The summed E-state index contributed by atoms with van der Waals surface area (Å²) in [6, 6.07) is 18.7. The molecule has 4 aromatic carbocycles. The van der Waals surface area contributed by atoms with Crippen molar-refractivity contribution in [1.82, 2.24) is 4.90 Å². The number of halogens is 6. The summed E-state index contributed by atoms with van der Waals surface area (Å²) in [5.74, 6) is -2.53. The van der Waals surface area contributed by atoms with E-state index in [2.05, 4.69) is 0 Å². The van der Waals surface area contributed by atoms with Crippen molar-refractivity contribution in [3.8, 4) is 11.5 Å². The first kappa shape index (κ1) is 30.7. The Morgan fingerprint density at radius 2 is 1.50 bits per heavy atom. The zero-order valence-electron chi connectivity index (χ0n) is 20.4. The molecule has 208 valence electrons. The molecule has 0 aliphatic rings. The Bertz CT molecular complexity index is 1560. The second-order valence-electron chi connectivity index (χ2n) is 8.99. The molecule has 6 nitrogen and oxygen atoms in total. The van der Waals surface area contributed by atoms with Crippen molar-refractivity contribution in [2.45, 2.75) is 24.5 Å². The third-order valence-electron chi connectivity index (χ3n) is 6.28. The molecule has 0 heterocycles. The average Bonchev–Trinajstić information content (AvgIpc) is 2.89. The maximum Gasteiger partial charge on any atom is 0.329 e. The largest absolute Gasteiger partial charge is 0.506 e. The molecule has 0 saturated carbocycles. The first-order valence-electron chi connectivity index (χ1n) is 11.7. The third-order valence-corrected chi connectivity index (χ3v) is 8.88. The van der Waals surface area contributed by atoms with E-state index in [9.17, 15) is 29.1 Å². The van der Waals surface area contributed by atoms with E-state index in [-0.39, 0.29) is 35.8 Å². The molecule has 0 radical (unpaired) electrons. The minimum Gasteiger partial charge on any atom is -0.506 e. The molecule has 12 heteroatoms. The maximum absolute atomic E-state index is 14.2. The predicted molar refractivity (Wildman–Crippen MR) is 167 cm³/mol. The number of alkyl halides is 1. The smallest absolute Gasteiger partial charge is 0.329 e. The SMILES string of the molecule is O=[N+]([O-])c1c(O)ccc(C(Cl)(Cc2ccccc2)N(Cc2ccc(F)c(F)c2)Cc2cc(I)c(O)c(I)c2)c1Cl. The van der Waals surface area contributed by atoms with Crippen LogP contribution in [0.5, 0.6) is 11.5 Å². The highest BCUT2D eigenvalue weighted by Gasteiger charge is 2.41. The predicted octanol–water partition coefficient (Wildman–Crippen LogP) is 8.48. The van der Waals surface area contributed by atoms with E-state index in [1.807, 2.05) is 75.5 Å². The van der Waals surface area contributed by atoms with Crippen molar-refractivity contribution < 1.29 is 23.9 Å². The quantitative estimate of drug-likeness (QED) is 0.0583. The van der Waals surface area contributed by atoms with Crippen LogP contribution in [-0.2, 0) is 24.5 Å². The van der Waals surface area contributed by atoms with Gasteiger partial charge in [0.05, 0.1) is 12.1 Å². The van der Waals surface area contributed by atoms with E-state index < -0.39 is 33.0 Å². The molecule has 4 aromatic rings. The Labute approximate surface area is 266 Å². The molecule has 0 aliphatic carbocycles. The number of rotatable bonds is 9. The molecule has 0 aliphatic heterocycles. The van der Waals surface area contributed by atoms with E-state index >= 15 is 0 Å². The lowest BCUT2D eigenvalue weighted by molar-refractivity contribution is -0.385. The maximum atomic E-state index is 14.2. The number of benzene rings is 4. The van der Waals surface area contributed by atoms with Crippen molar-refractivity contribution in [3.05, 3.63) is 129 Å². The van der Waals surface area contributed by atoms with Crippen LogP contribution in [-0.4, -0.2) is 20.0 Å². The molecule has 0 saturated heterocycles. The summed E-state index contributed by atoms with van der Waals surface area (Å²) >= 11 is 18.1. The number of nitro groups is 1. The normalized spacial score (nSPS) is 12.9. The van der Waals surface area contributed by atoms with Crippen molar-refractivity contribution in [2.24, 2.45) is 0 Å². The fourth-order valence-electron chi connectivity index (χ4n) is 4.36. The minimum absolute atomic E-state index is 0.00737. The number of hydrogen-bond donors (Lipinski definition) is 2. The monoisotopic (exact) mass is 810 g/mol. The lowest BCUT2D eigenvalue weighted by Crippen LogP contribution is -2.43. The molecule has 0 spiro atoms. The molecule has 1 atom stereocenters. The van der Waals surface area contributed by atoms with Gasteiger partial charge < -0.3 is 10.2 Å².